The van der Waals surface area contributed by atoms with E-state index < -0.39 is 6.04 Å². The van der Waals surface area contributed by atoms with Crippen LogP contribution in [-0.4, -0.2) is 22.1 Å². The summed E-state index contributed by atoms with van der Waals surface area (Å²) in [5.74, 6) is -0.103. The van der Waals surface area contributed by atoms with Crippen molar-refractivity contribution in [3.8, 4) is 0 Å². The number of aromatic nitrogens is 2. The van der Waals surface area contributed by atoms with Gasteiger partial charge in [-0.3, -0.25) is 9.59 Å². The molecule has 4 N–H and O–H groups in total. The van der Waals surface area contributed by atoms with E-state index in [9.17, 15) is 9.59 Å². The number of carbonyl (C=O) groups excluding carboxylic acids is 1. The second-order valence-corrected chi connectivity index (χ2v) is 2.93. The fraction of sp³-hybridized carbons (Fsp3) is 0.222. The van der Waals surface area contributed by atoms with Crippen molar-refractivity contribution in [1.82, 2.24) is 10.2 Å². The van der Waals surface area contributed by atoms with Crippen LogP contribution in [0.4, 0.5) is 5.82 Å². The number of rotatable bonds is 4. The van der Waals surface area contributed by atoms with Gasteiger partial charge < -0.3 is 11.1 Å². The minimum absolute atomic E-state index is 0.263. The zero-order valence-corrected chi connectivity index (χ0v) is 8.06. The number of anilines is 1. The van der Waals surface area contributed by atoms with E-state index in [1.807, 2.05) is 0 Å². The summed E-state index contributed by atoms with van der Waals surface area (Å²) >= 11 is 0. The predicted molar refractivity (Wildman–Crippen MR) is 56.3 cm³/mol. The molecule has 6 nitrogen and oxygen atoms in total. The van der Waals surface area contributed by atoms with Crippen molar-refractivity contribution in [1.29, 1.82) is 0 Å². The van der Waals surface area contributed by atoms with E-state index in [-0.39, 0.29) is 17.3 Å². The number of hydrogen-bond donors (Lipinski definition) is 3. The Bertz CT molecular complexity index is 392. The van der Waals surface area contributed by atoms with Gasteiger partial charge in [-0.05, 0) is 12.5 Å². The molecule has 0 spiro atoms. The summed E-state index contributed by atoms with van der Waals surface area (Å²) in [6, 6.07) is 2.01. The van der Waals surface area contributed by atoms with Gasteiger partial charge in [0.2, 0.25) is 5.91 Å². The van der Waals surface area contributed by atoms with Crippen molar-refractivity contribution in [2.75, 3.05) is 5.32 Å². The highest BCUT2D eigenvalue weighted by molar-refractivity contribution is 5.93. The summed E-state index contributed by atoms with van der Waals surface area (Å²) < 4.78 is 0. The lowest BCUT2D eigenvalue weighted by molar-refractivity contribution is -0.117. The lowest BCUT2D eigenvalue weighted by atomic mass is 10.2. The van der Waals surface area contributed by atoms with Gasteiger partial charge >= 0.3 is 0 Å². The van der Waals surface area contributed by atoms with Gasteiger partial charge in [0, 0.05) is 6.07 Å². The van der Waals surface area contributed by atoms with Crippen LogP contribution in [0, 0.1) is 0 Å². The first-order valence-corrected chi connectivity index (χ1v) is 4.36. The fourth-order valence-corrected chi connectivity index (χ4v) is 0.920. The first-order chi connectivity index (χ1) is 7.13. The molecule has 1 atom stereocenters. The minimum atomic E-state index is -0.656. The highest BCUT2D eigenvalue weighted by atomic mass is 16.2. The summed E-state index contributed by atoms with van der Waals surface area (Å²) in [5.41, 5.74) is 5.19. The average Bonchev–Trinajstić information content (AvgIpc) is 2.22. The molecule has 0 saturated heterocycles. The number of amides is 1. The Labute approximate surface area is 86.2 Å². The van der Waals surface area contributed by atoms with E-state index in [1.165, 1.54) is 12.1 Å². The molecule has 0 bridgehead atoms. The van der Waals surface area contributed by atoms with Gasteiger partial charge in [0.25, 0.3) is 5.56 Å². The van der Waals surface area contributed by atoms with Crippen molar-refractivity contribution >= 4 is 11.7 Å². The molecule has 15 heavy (non-hydrogen) atoms. The van der Waals surface area contributed by atoms with Crippen LogP contribution in [0.1, 0.15) is 6.42 Å². The maximum atomic E-state index is 11.4. The van der Waals surface area contributed by atoms with Gasteiger partial charge in [-0.2, -0.15) is 5.10 Å². The van der Waals surface area contributed by atoms with Crippen molar-refractivity contribution in [3.63, 3.8) is 0 Å². The van der Waals surface area contributed by atoms with E-state index in [1.54, 1.807) is 6.08 Å². The Morgan fingerprint density at radius 2 is 2.47 bits per heavy atom. The van der Waals surface area contributed by atoms with E-state index in [0.717, 1.165) is 0 Å². The van der Waals surface area contributed by atoms with E-state index >= 15 is 0 Å². The zero-order valence-electron chi connectivity index (χ0n) is 8.06. The summed E-state index contributed by atoms with van der Waals surface area (Å²) in [6.45, 7) is 3.48. The molecule has 0 aliphatic carbocycles. The molecule has 1 aromatic heterocycles. The topological polar surface area (TPSA) is 101 Å². The highest BCUT2D eigenvalue weighted by Gasteiger charge is 2.11. The van der Waals surface area contributed by atoms with E-state index in [4.69, 9.17) is 5.73 Å². The van der Waals surface area contributed by atoms with Crippen LogP contribution in [0.5, 0.6) is 0 Å². The molecule has 80 valence electrons. The molecule has 0 saturated carbocycles. The normalized spacial score (nSPS) is 11.8. The fourth-order valence-electron chi connectivity index (χ4n) is 0.920. The number of nitrogens with two attached hydrogens (primary N) is 1. The Hall–Kier alpha value is -1.95. The van der Waals surface area contributed by atoms with E-state index in [0.29, 0.717) is 6.42 Å². The maximum Gasteiger partial charge on any atom is 0.264 e. The molecule has 0 aliphatic rings. The van der Waals surface area contributed by atoms with Crippen molar-refractivity contribution in [2.24, 2.45) is 5.73 Å². The van der Waals surface area contributed by atoms with Gasteiger partial charge in [0.05, 0.1) is 6.04 Å². The summed E-state index contributed by atoms with van der Waals surface area (Å²) in [5, 5.41) is 8.27. The van der Waals surface area contributed by atoms with Crippen molar-refractivity contribution < 1.29 is 4.79 Å². The number of nitrogens with one attached hydrogen (secondary N) is 2. The molecule has 1 aromatic rings. The van der Waals surface area contributed by atoms with Crippen molar-refractivity contribution in [2.45, 2.75) is 12.5 Å². The molecule has 1 amide bonds. The van der Waals surface area contributed by atoms with Gasteiger partial charge in [0.1, 0.15) is 0 Å². The molecule has 6 heteroatoms. The number of nitrogens with zero attached hydrogens (tertiary/aromatic N) is 1. The Balaban J connectivity index is 2.62. The lowest BCUT2D eigenvalue weighted by Crippen LogP contribution is -2.35. The molecule has 0 aliphatic heterocycles. The Morgan fingerprint density at radius 3 is 3.00 bits per heavy atom. The first kappa shape index (κ1) is 11.1. The van der Waals surface area contributed by atoms with Crippen LogP contribution in [0.3, 0.4) is 0 Å². The third-order valence-corrected chi connectivity index (χ3v) is 1.69. The first-order valence-electron chi connectivity index (χ1n) is 4.36. The molecule has 0 fully saturated rings. The Morgan fingerprint density at radius 1 is 1.73 bits per heavy atom. The van der Waals surface area contributed by atoms with Crippen LogP contribution in [0.15, 0.2) is 29.6 Å². The van der Waals surface area contributed by atoms with Gasteiger partial charge in [-0.25, -0.2) is 5.10 Å². The highest BCUT2D eigenvalue weighted by Crippen LogP contribution is 1.98. The second kappa shape index (κ2) is 5.06. The molecule has 0 radical (unpaired) electrons. The predicted octanol–water partition coefficient (Wildman–Crippen LogP) is -0.388. The second-order valence-electron chi connectivity index (χ2n) is 2.93. The third-order valence-electron chi connectivity index (χ3n) is 1.69. The molecule has 1 rings (SSSR count). The number of carbonyl (C=O) groups is 1. The molecule has 1 unspecified atom stereocenters. The average molecular weight is 208 g/mol. The molecular formula is C9H12N4O2. The van der Waals surface area contributed by atoms with Gasteiger partial charge in [0.15, 0.2) is 5.82 Å². The van der Waals surface area contributed by atoms with Crippen LogP contribution < -0.4 is 16.6 Å². The molecular weight excluding hydrogens is 196 g/mol. The molecule has 1 heterocycles. The third kappa shape index (κ3) is 3.35. The van der Waals surface area contributed by atoms with Gasteiger partial charge in [-0.1, -0.05) is 6.08 Å². The van der Waals surface area contributed by atoms with Crippen LogP contribution >= 0.6 is 0 Å². The van der Waals surface area contributed by atoms with Gasteiger partial charge in [-0.15, -0.1) is 6.58 Å². The minimum Gasteiger partial charge on any atom is -0.320 e. The lowest BCUT2D eigenvalue weighted by Gasteiger charge is -2.08. The standard InChI is InChI=1S/C9H12N4O2/c1-2-3-6(10)9(15)11-7-4-5-8(14)13-12-7/h2,4-6H,1,3,10H2,(H,13,14)(H,11,12,15). The smallest absolute Gasteiger partial charge is 0.264 e. The largest absolute Gasteiger partial charge is 0.320 e. The van der Waals surface area contributed by atoms with Crippen LogP contribution in [-0.2, 0) is 4.79 Å². The van der Waals surface area contributed by atoms with E-state index in [2.05, 4.69) is 22.1 Å². The molecule has 0 aromatic carbocycles. The summed E-state index contributed by atoms with van der Waals surface area (Å²) in [6.07, 6.45) is 1.94. The summed E-state index contributed by atoms with van der Waals surface area (Å²) in [7, 11) is 0. The number of H-pyrrole nitrogens is 1. The number of hydrogen-bond acceptors (Lipinski definition) is 4. The van der Waals surface area contributed by atoms with Crippen LogP contribution in [0.2, 0.25) is 0 Å². The quantitative estimate of drug-likeness (QED) is 0.586. The summed E-state index contributed by atoms with van der Waals surface area (Å²) in [4.78, 5) is 22.0. The van der Waals surface area contributed by atoms with Crippen molar-refractivity contribution in [3.05, 3.63) is 35.1 Å². The maximum absolute atomic E-state index is 11.4. The monoisotopic (exact) mass is 208 g/mol. The Kier molecular flexibility index (Phi) is 3.75. The number of aromatic amines is 1. The SMILES string of the molecule is C=CCC(N)C(=O)Nc1ccc(=O)[nH]n1. The zero-order chi connectivity index (χ0) is 11.3. The van der Waals surface area contributed by atoms with Crippen LogP contribution in [0.25, 0.3) is 0 Å².